The zero-order chi connectivity index (χ0) is 14.5. The Labute approximate surface area is 128 Å². The molecule has 0 amide bonds. The summed E-state index contributed by atoms with van der Waals surface area (Å²) in [6.45, 7) is 6.52. The Balaban J connectivity index is 2.10. The van der Waals surface area contributed by atoms with Gasteiger partial charge in [-0.25, -0.2) is 9.97 Å². The highest BCUT2D eigenvalue weighted by molar-refractivity contribution is 7.09. The van der Waals surface area contributed by atoms with E-state index >= 15 is 0 Å². The minimum absolute atomic E-state index is 0.701. The van der Waals surface area contributed by atoms with Gasteiger partial charge in [0, 0.05) is 25.2 Å². The summed E-state index contributed by atoms with van der Waals surface area (Å²) in [5, 5.41) is 7.16. The van der Waals surface area contributed by atoms with Gasteiger partial charge in [0.2, 0.25) is 0 Å². The first-order valence-corrected chi connectivity index (χ1v) is 7.83. The molecular weight excluding hydrogens is 292 g/mol. The molecule has 0 saturated heterocycles. The zero-order valence-corrected chi connectivity index (χ0v) is 13.6. The van der Waals surface area contributed by atoms with Gasteiger partial charge in [-0.1, -0.05) is 18.5 Å². The van der Waals surface area contributed by atoms with Crippen molar-refractivity contribution in [1.82, 2.24) is 15.3 Å². The summed E-state index contributed by atoms with van der Waals surface area (Å²) in [5.41, 5.74) is 2.14. The highest BCUT2D eigenvalue weighted by Crippen LogP contribution is 2.21. The van der Waals surface area contributed by atoms with Gasteiger partial charge in [-0.15, -0.1) is 11.3 Å². The predicted octanol–water partition coefficient (Wildman–Crippen LogP) is 3.25. The average molecular weight is 311 g/mol. The van der Waals surface area contributed by atoms with Gasteiger partial charge in [0.05, 0.1) is 22.3 Å². The van der Waals surface area contributed by atoms with E-state index in [1.54, 1.807) is 17.5 Å². The van der Waals surface area contributed by atoms with Crippen molar-refractivity contribution in [2.24, 2.45) is 0 Å². The van der Waals surface area contributed by atoms with E-state index in [1.807, 2.05) is 20.0 Å². The molecular formula is C14H19ClN4S. The second kappa shape index (κ2) is 7.02. The van der Waals surface area contributed by atoms with Gasteiger partial charge in [-0.3, -0.25) is 0 Å². The minimum Gasteiger partial charge on any atom is -0.354 e. The summed E-state index contributed by atoms with van der Waals surface area (Å²) < 4.78 is 0. The van der Waals surface area contributed by atoms with Crippen molar-refractivity contribution >= 4 is 28.8 Å². The van der Waals surface area contributed by atoms with E-state index in [9.17, 15) is 0 Å². The Morgan fingerprint density at radius 3 is 2.90 bits per heavy atom. The summed E-state index contributed by atoms with van der Waals surface area (Å²) in [6, 6.07) is 2.03. The van der Waals surface area contributed by atoms with Crippen LogP contribution in [-0.4, -0.2) is 23.6 Å². The quantitative estimate of drug-likeness (QED) is 0.889. The number of thiazole rings is 1. The maximum Gasteiger partial charge on any atom is 0.128 e. The fraction of sp³-hybridized carbons (Fsp3) is 0.429. The third-order valence-electron chi connectivity index (χ3n) is 2.94. The van der Waals surface area contributed by atoms with Gasteiger partial charge in [-0.2, -0.15) is 0 Å². The number of pyridine rings is 1. The Hall–Kier alpha value is -1.17. The smallest absolute Gasteiger partial charge is 0.128 e. The fourth-order valence-electron chi connectivity index (χ4n) is 1.88. The third kappa shape index (κ3) is 3.91. The molecule has 0 aliphatic carbocycles. The zero-order valence-electron chi connectivity index (χ0n) is 12.0. The molecule has 0 atom stereocenters. The molecule has 2 rings (SSSR count). The highest BCUT2D eigenvalue weighted by atomic mass is 35.5. The number of hydrogen-bond donors (Lipinski definition) is 1. The van der Waals surface area contributed by atoms with E-state index in [4.69, 9.17) is 11.6 Å². The standard InChI is InChI=1S/C14H19ClN4S/c1-4-16-6-11-5-14(17-7-13(11)15)19(3)8-12-9-20-10(2)18-12/h5,7,9,16H,4,6,8H2,1-3H3. The van der Waals surface area contributed by atoms with Crippen LogP contribution in [0.4, 0.5) is 5.82 Å². The number of aromatic nitrogens is 2. The monoisotopic (exact) mass is 310 g/mol. The van der Waals surface area contributed by atoms with Gasteiger partial charge >= 0.3 is 0 Å². The van der Waals surface area contributed by atoms with Crippen LogP contribution in [0.1, 0.15) is 23.2 Å². The molecule has 1 N–H and O–H groups in total. The number of nitrogens with zero attached hydrogens (tertiary/aromatic N) is 3. The Morgan fingerprint density at radius 2 is 2.25 bits per heavy atom. The van der Waals surface area contributed by atoms with Crippen molar-refractivity contribution in [3.63, 3.8) is 0 Å². The van der Waals surface area contributed by atoms with Crippen LogP contribution in [0.5, 0.6) is 0 Å². The molecule has 108 valence electrons. The van der Waals surface area contributed by atoms with Crippen molar-refractivity contribution in [3.8, 4) is 0 Å². The Bertz CT molecular complexity index is 570. The van der Waals surface area contributed by atoms with E-state index in [-0.39, 0.29) is 0 Å². The first-order chi connectivity index (χ1) is 9.60. The number of anilines is 1. The van der Waals surface area contributed by atoms with Crippen molar-refractivity contribution in [3.05, 3.63) is 38.9 Å². The van der Waals surface area contributed by atoms with Crippen molar-refractivity contribution in [2.45, 2.75) is 26.9 Å². The molecule has 0 bridgehead atoms. The summed E-state index contributed by atoms with van der Waals surface area (Å²) >= 11 is 7.84. The largest absolute Gasteiger partial charge is 0.354 e. The van der Waals surface area contributed by atoms with Crippen LogP contribution in [0, 0.1) is 6.92 Å². The summed E-state index contributed by atoms with van der Waals surface area (Å²) in [6.07, 6.45) is 1.71. The lowest BCUT2D eigenvalue weighted by Gasteiger charge is -2.18. The van der Waals surface area contributed by atoms with Crippen molar-refractivity contribution < 1.29 is 0 Å². The van der Waals surface area contributed by atoms with Crippen LogP contribution < -0.4 is 10.2 Å². The molecule has 0 unspecified atom stereocenters. The van der Waals surface area contributed by atoms with Crippen molar-refractivity contribution in [2.75, 3.05) is 18.5 Å². The molecule has 0 radical (unpaired) electrons. The highest BCUT2D eigenvalue weighted by Gasteiger charge is 2.09. The second-order valence-electron chi connectivity index (χ2n) is 4.63. The van der Waals surface area contributed by atoms with E-state index < -0.39 is 0 Å². The lowest BCUT2D eigenvalue weighted by atomic mass is 10.2. The first-order valence-electron chi connectivity index (χ1n) is 6.57. The average Bonchev–Trinajstić information content (AvgIpc) is 2.83. The molecule has 6 heteroatoms. The molecule has 20 heavy (non-hydrogen) atoms. The van der Waals surface area contributed by atoms with Crippen LogP contribution in [-0.2, 0) is 13.1 Å². The van der Waals surface area contributed by atoms with Crippen molar-refractivity contribution in [1.29, 1.82) is 0 Å². The van der Waals surface area contributed by atoms with Crippen LogP contribution >= 0.6 is 22.9 Å². The van der Waals surface area contributed by atoms with Gasteiger partial charge in [0.15, 0.2) is 0 Å². The molecule has 0 fully saturated rings. The number of nitrogens with one attached hydrogen (secondary N) is 1. The summed E-state index contributed by atoms with van der Waals surface area (Å²) in [4.78, 5) is 11.0. The number of rotatable bonds is 6. The molecule has 2 heterocycles. The number of halogens is 1. The van der Waals surface area contributed by atoms with Gasteiger partial charge in [0.25, 0.3) is 0 Å². The van der Waals surface area contributed by atoms with Gasteiger partial charge < -0.3 is 10.2 Å². The van der Waals surface area contributed by atoms with Gasteiger partial charge in [-0.05, 0) is 25.1 Å². The molecule has 0 aromatic carbocycles. The third-order valence-corrected chi connectivity index (χ3v) is 4.11. The summed E-state index contributed by atoms with van der Waals surface area (Å²) in [7, 11) is 2.02. The topological polar surface area (TPSA) is 41.0 Å². The predicted molar refractivity (Wildman–Crippen MR) is 85.6 cm³/mol. The molecule has 2 aromatic heterocycles. The maximum atomic E-state index is 6.17. The molecule has 2 aromatic rings. The first kappa shape index (κ1) is 15.2. The normalized spacial score (nSPS) is 10.8. The fourth-order valence-corrected chi connectivity index (χ4v) is 2.65. The molecule has 4 nitrogen and oxygen atoms in total. The van der Waals surface area contributed by atoms with Crippen LogP contribution in [0.3, 0.4) is 0 Å². The van der Waals surface area contributed by atoms with E-state index in [1.165, 1.54) is 0 Å². The molecule has 0 aliphatic rings. The lowest BCUT2D eigenvalue weighted by Crippen LogP contribution is -2.19. The Kier molecular flexibility index (Phi) is 5.34. The van der Waals surface area contributed by atoms with E-state index in [0.29, 0.717) is 5.02 Å². The molecule has 0 spiro atoms. The minimum atomic E-state index is 0.701. The molecule has 0 saturated carbocycles. The van der Waals surface area contributed by atoms with E-state index in [0.717, 1.165) is 41.7 Å². The van der Waals surface area contributed by atoms with Crippen LogP contribution in [0.2, 0.25) is 5.02 Å². The van der Waals surface area contributed by atoms with Crippen LogP contribution in [0.25, 0.3) is 0 Å². The lowest BCUT2D eigenvalue weighted by molar-refractivity contribution is 0.725. The SMILES string of the molecule is CCNCc1cc(N(C)Cc2csc(C)n2)ncc1Cl. The maximum absolute atomic E-state index is 6.17. The summed E-state index contributed by atoms with van der Waals surface area (Å²) in [5.74, 6) is 0.910. The number of aryl methyl sites for hydroxylation is 1. The molecule has 0 aliphatic heterocycles. The van der Waals surface area contributed by atoms with Gasteiger partial charge in [0.1, 0.15) is 5.82 Å². The number of hydrogen-bond acceptors (Lipinski definition) is 5. The Morgan fingerprint density at radius 1 is 1.45 bits per heavy atom. The van der Waals surface area contributed by atoms with Crippen LogP contribution in [0.15, 0.2) is 17.6 Å². The van der Waals surface area contributed by atoms with E-state index in [2.05, 4.69) is 32.5 Å². The second-order valence-corrected chi connectivity index (χ2v) is 6.10.